The third kappa shape index (κ3) is 5.53. The molecule has 1 aromatic heterocycles. The van der Waals surface area contributed by atoms with E-state index in [1.165, 1.54) is 23.5 Å². The van der Waals surface area contributed by atoms with E-state index in [4.69, 9.17) is 26.1 Å². The molecule has 4 rings (SSSR count). The number of carboxylic acids is 1. The number of rotatable bonds is 7. The van der Waals surface area contributed by atoms with E-state index in [2.05, 4.69) is 10.3 Å². The van der Waals surface area contributed by atoms with Gasteiger partial charge in [0.05, 0.1) is 25.4 Å². The minimum Gasteiger partial charge on any atom is -0.480 e. The van der Waals surface area contributed by atoms with Gasteiger partial charge in [-0.25, -0.2) is 14.2 Å². The number of thiazole rings is 1. The fraction of sp³-hybridized carbons (Fsp3) is 0.391. The van der Waals surface area contributed by atoms with Gasteiger partial charge in [0, 0.05) is 40.4 Å². The third-order valence-electron chi connectivity index (χ3n) is 5.59. The zero-order valence-corrected chi connectivity index (χ0v) is 20.7. The van der Waals surface area contributed by atoms with Crippen LogP contribution in [-0.2, 0) is 19.1 Å². The zero-order valence-electron chi connectivity index (χ0n) is 19.1. The lowest BCUT2D eigenvalue weighted by Crippen LogP contribution is -2.52. The first-order valence-electron chi connectivity index (χ1n) is 11.0. The molecule has 3 heterocycles. The van der Waals surface area contributed by atoms with Crippen molar-refractivity contribution >= 4 is 40.7 Å². The maximum atomic E-state index is 13.8. The van der Waals surface area contributed by atoms with Crippen LogP contribution in [0.15, 0.2) is 40.7 Å². The predicted octanol–water partition coefficient (Wildman–Crippen LogP) is 2.94. The van der Waals surface area contributed by atoms with Crippen molar-refractivity contribution in [3.8, 4) is 0 Å². The zero-order chi connectivity index (χ0) is 25.1. The lowest BCUT2D eigenvalue weighted by molar-refractivity contribution is -0.149. The average Bonchev–Trinajstić information content (AvgIpc) is 3.25. The number of carbonyl (C=O) groups is 2. The van der Waals surface area contributed by atoms with Gasteiger partial charge in [0.1, 0.15) is 17.9 Å². The Labute approximate surface area is 210 Å². The summed E-state index contributed by atoms with van der Waals surface area (Å²) in [7, 11) is 0. The molecule has 2 aromatic rings. The molecule has 0 bridgehead atoms. The number of ether oxygens (including phenoxy) is 2. The number of nitrogens with one attached hydrogen (secondary N) is 1. The molecule has 35 heavy (non-hydrogen) atoms. The van der Waals surface area contributed by atoms with E-state index < -0.39 is 29.8 Å². The molecule has 186 valence electrons. The first-order valence-corrected chi connectivity index (χ1v) is 12.1. The maximum absolute atomic E-state index is 13.8. The van der Waals surface area contributed by atoms with Crippen LogP contribution in [0.4, 0.5) is 4.39 Å². The molecule has 2 atom stereocenters. The Hall–Kier alpha value is -2.86. The summed E-state index contributed by atoms with van der Waals surface area (Å²) in [6.45, 7) is 4.53. The Morgan fingerprint density at radius 2 is 2.23 bits per heavy atom. The molecule has 2 aliphatic rings. The van der Waals surface area contributed by atoms with E-state index in [0.29, 0.717) is 35.3 Å². The number of carboxylic acid groups (broad SMARTS) is 1. The van der Waals surface area contributed by atoms with Crippen LogP contribution in [0.25, 0.3) is 0 Å². The van der Waals surface area contributed by atoms with Gasteiger partial charge in [0.2, 0.25) is 0 Å². The standard InChI is InChI=1S/C23H24ClFN4O5S/c1-3-34-23(32)18-16(10-29-6-7-33-11-17(29)22(30)31)27-20(21-26-9-12(2)35-21)28-19(18)14-5-4-13(25)8-15(14)24/h4-5,8-9,17,19H,3,6-7,10-11H2,1-2H3,(H,27,28)(H,30,31). The van der Waals surface area contributed by atoms with Crippen LogP contribution in [0.5, 0.6) is 0 Å². The molecule has 0 radical (unpaired) electrons. The highest BCUT2D eigenvalue weighted by Crippen LogP contribution is 2.37. The maximum Gasteiger partial charge on any atom is 0.338 e. The van der Waals surface area contributed by atoms with Gasteiger partial charge >= 0.3 is 11.9 Å². The fourth-order valence-electron chi connectivity index (χ4n) is 3.95. The largest absolute Gasteiger partial charge is 0.480 e. The minimum absolute atomic E-state index is 0.0250. The summed E-state index contributed by atoms with van der Waals surface area (Å²) < 4.78 is 24.5. The van der Waals surface area contributed by atoms with Crippen molar-refractivity contribution in [1.82, 2.24) is 15.2 Å². The van der Waals surface area contributed by atoms with E-state index in [9.17, 15) is 19.1 Å². The lowest BCUT2D eigenvalue weighted by Gasteiger charge is -2.35. The highest BCUT2D eigenvalue weighted by molar-refractivity contribution is 7.13. The predicted molar refractivity (Wildman–Crippen MR) is 128 cm³/mol. The SMILES string of the molecule is CCOC(=O)C1=C(CN2CCOCC2C(=O)O)NC(c2ncc(C)s2)=NC1c1ccc(F)cc1Cl. The van der Waals surface area contributed by atoms with Crippen molar-refractivity contribution in [2.45, 2.75) is 25.9 Å². The molecule has 0 aliphatic carbocycles. The van der Waals surface area contributed by atoms with Crippen LogP contribution < -0.4 is 5.32 Å². The Morgan fingerprint density at radius 1 is 1.43 bits per heavy atom. The van der Waals surface area contributed by atoms with Crippen molar-refractivity contribution in [1.29, 1.82) is 0 Å². The number of carbonyl (C=O) groups excluding carboxylic acids is 1. The number of nitrogens with zero attached hydrogens (tertiary/aromatic N) is 3. The normalized spacial score (nSPS) is 20.9. The van der Waals surface area contributed by atoms with Gasteiger partial charge in [-0.3, -0.25) is 14.7 Å². The second kappa shape index (κ2) is 10.8. The number of benzene rings is 1. The van der Waals surface area contributed by atoms with Gasteiger partial charge in [0.25, 0.3) is 0 Å². The lowest BCUT2D eigenvalue weighted by atomic mass is 9.95. The highest BCUT2D eigenvalue weighted by atomic mass is 35.5. The first-order chi connectivity index (χ1) is 16.8. The third-order valence-corrected chi connectivity index (χ3v) is 6.83. The molecule has 1 saturated heterocycles. The molecule has 0 amide bonds. The van der Waals surface area contributed by atoms with Crippen LogP contribution in [0.2, 0.25) is 5.02 Å². The van der Waals surface area contributed by atoms with Crippen molar-refractivity contribution in [2.75, 3.05) is 32.9 Å². The van der Waals surface area contributed by atoms with Gasteiger partial charge in [-0.2, -0.15) is 0 Å². The van der Waals surface area contributed by atoms with E-state index >= 15 is 0 Å². The molecule has 0 saturated carbocycles. The Kier molecular flexibility index (Phi) is 7.80. The Bertz CT molecular complexity index is 1200. The molecule has 2 unspecified atom stereocenters. The highest BCUT2D eigenvalue weighted by Gasteiger charge is 2.37. The van der Waals surface area contributed by atoms with Gasteiger partial charge in [0.15, 0.2) is 10.8 Å². The average molecular weight is 523 g/mol. The fourth-order valence-corrected chi connectivity index (χ4v) is 4.94. The molecule has 12 heteroatoms. The van der Waals surface area contributed by atoms with E-state index in [0.717, 1.165) is 10.9 Å². The van der Waals surface area contributed by atoms with Gasteiger partial charge in [-0.15, -0.1) is 11.3 Å². The van der Waals surface area contributed by atoms with Crippen LogP contribution in [0.3, 0.4) is 0 Å². The van der Waals surface area contributed by atoms with Crippen LogP contribution >= 0.6 is 22.9 Å². The summed E-state index contributed by atoms with van der Waals surface area (Å²) in [5.74, 6) is -1.77. The summed E-state index contributed by atoms with van der Waals surface area (Å²) in [6, 6.07) is 2.08. The Morgan fingerprint density at radius 3 is 2.89 bits per heavy atom. The summed E-state index contributed by atoms with van der Waals surface area (Å²) >= 11 is 7.80. The first kappa shape index (κ1) is 25.2. The van der Waals surface area contributed by atoms with E-state index in [1.54, 1.807) is 18.0 Å². The monoisotopic (exact) mass is 522 g/mol. The molecular weight excluding hydrogens is 499 g/mol. The van der Waals surface area contributed by atoms with E-state index in [-0.39, 0.29) is 30.4 Å². The number of amidine groups is 1. The quantitative estimate of drug-likeness (QED) is 0.534. The number of morpholine rings is 1. The van der Waals surface area contributed by atoms with Crippen molar-refractivity contribution in [3.05, 3.63) is 62.0 Å². The van der Waals surface area contributed by atoms with Crippen LogP contribution in [0.1, 0.15) is 28.4 Å². The number of aliphatic imine (C=N–C) groups is 1. The number of esters is 1. The summed E-state index contributed by atoms with van der Waals surface area (Å²) in [4.78, 5) is 36.8. The molecule has 1 aromatic carbocycles. The minimum atomic E-state index is -1.03. The van der Waals surface area contributed by atoms with Gasteiger partial charge < -0.3 is 19.9 Å². The summed E-state index contributed by atoms with van der Waals surface area (Å²) in [5.41, 5.74) is 1.01. The van der Waals surface area contributed by atoms with Crippen LogP contribution in [-0.4, -0.2) is 71.7 Å². The molecule has 9 nitrogen and oxygen atoms in total. The number of hydrogen-bond acceptors (Lipinski definition) is 9. The number of hydrogen-bond donors (Lipinski definition) is 2. The Balaban J connectivity index is 1.84. The molecular formula is C23H24ClFN4O5S. The van der Waals surface area contributed by atoms with E-state index in [1.807, 2.05) is 6.92 Å². The molecule has 1 fully saturated rings. The summed E-state index contributed by atoms with van der Waals surface area (Å²) in [5, 5.41) is 13.6. The van der Waals surface area contributed by atoms with Crippen molar-refractivity contribution in [3.63, 3.8) is 0 Å². The topological polar surface area (TPSA) is 113 Å². The summed E-state index contributed by atoms with van der Waals surface area (Å²) in [6.07, 6.45) is 1.71. The van der Waals surface area contributed by atoms with Gasteiger partial charge in [-0.1, -0.05) is 17.7 Å². The number of aryl methyl sites for hydroxylation is 1. The molecule has 0 spiro atoms. The number of halogens is 2. The second-order valence-electron chi connectivity index (χ2n) is 7.96. The van der Waals surface area contributed by atoms with Crippen LogP contribution in [0, 0.1) is 12.7 Å². The molecule has 2 N–H and O–H groups in total. The van der Waals surface area contributed by atoms with Gasteiger partial charge in [-0.05, 0) is 26.0 Å². The smallest absolute Gasteiger partial charge is 0.338 e. The van der Waals surface area contributed by atoms with Crippen molar-refractivity contribution in [2.24, 2.45) is 4.99 Å². The number of aromatic nitrogens is 1. The van der Waals surface area contributed by atoms with Crippen molar-refractivity contribution < 1.29 is 28.6 Å². The second-order valence-corrected chi connectivity index (χ2v) is 9.60. The molecule has 2 aliphatic heterocycles. The number of aliphatic carboxylic acids is 1.